The van der Waals surface area contributed by atoms with Gasteiger partial charge in [-0.15, -0.1) is 0 Å². The van der Waals surface area contributed by atoms with Gasteiger partial charge in [-0.25, -0.2) is 0 Å². The molecule has 0 unspecified atom stereocenters. The lowest BCUT2D eigenvalue weighted by molar-refractivity contribution is -0.126. The van der Waals surface area contributed by atoms with Crippen LogP contribution in [0.15, 0.2) is 30.3 Å². The number of benzene rings is 1. The van der Waals surface area contributed by atoms with Crippen LogP contribution in [0.2, 0.25) is 0 Å². The van der Waals surface area contributed by atoms with Crippen molar-refractivity contribution in [3.05, 3.63) is 35.9 Å². The van der Waals surface area contributed by atoms with Gasteiger partial charge in [0.25, 0.3) is 0 Å². The molecule has 1 aromatic rings. The Morgan fingerprint density at radius 1 is 1.25 bits per heavy atom. The van der Waals surface area contributed by atoms with Gasteiger partial charge in [-0.2, -0.15) is 0 Å². The molecule has 0 radical (unpaired) electrons. The van der Waals surface area contributed by atoms with E-state index < -0.39 is 0 Å². The minimum Gasteiger partial charge on any atom is -0.369 e. The topological polar surface area (TPSA) is 55.4 Å². The van der Waals surface area contributed by atoms with E-state index in [1.807, 2.05) is 30.3 Å². The third-order valence-corrected chi connectivity index (χ3v) is 1.91. The molecule has 1 aromatic carbocycles. The predicted molar refractivity (Wildman–Crippen MR) is 59.8 cm³/mol. The molecule has 0 spiro atoms. The molecular weight excluding hydrogens is 206 g/mol. The Kier molecular flexibility index (Phi) is 5.22. The molecule has 0 atom stereocenters. The molecule has 0 aliphatic carbocycles. The highest BCUT2D eigenvalue weighted by atomic mass is 16.5. The number of hydrogen-bond acceptors (Lipinski definition) is 3. The highest BCUT2D eigenvalue weighted by Gasteiger charge is 2.02. The Bertz CT molecular complexity index is 349. The number of hydrogen-bond donors (Lipinski definition) is 1. The van der Waals surface area contributed by atoms with Crippen molar-refractivity contribution in [1.82, 2.24) is 5.32 Å². The molecule has 0 fully saturated rings. The number of amides is 1. The zero-order valence-electron chi connectivity index (χ0n) is 9.23. The fourth-order valence-corrected chi connectivity index (χ4v) is 1.13. The number of Topliss-reactive ketones (excluding diaryl/α,β-unsaturated/α-hetero) is 1. The lowest BCUT2D eigenvalue weighted by Crippen LogP contribution is -2.29. The Hall–Kier alpha value is -1.68. The molecule has 0 saturated carbocycles. The van der Waals surface area contributed by atoms with E-state index in [0.29, 0.717) is 6.61 Å². The van der Waals surface area contributed by atoms with Gasteiger partial charge >= 0.3 is 0 Å². The molecule has 0 aliphatic heterocycles. The summed E-state index contributed by atoms with van der Waals surface area (Å²) >= 11 is 0. The zero-order valence-corrected chi connectivity index (χ0v) is 9.23. The summed E-state index contributed by atoms with van der Waals surface area (Å²) in [6, 6.07) is 9.61. The summed E-state index contributed by atoms with van der Waals surface area (Å²) in [5, 5.41) is 2.43. The lowest BCUT2D eigenvalue weighted by atomic mass is 10.2. The fraction of sp³-hybridized carbons (Fsp3) is 0.333. The lowest BCUT2D eigenvalue weighted by Gasteiger charge is -2.04. The summed E-state index contributed by atoms with van der Waals surface area (Å²) in [5.41, 5.74) is 1.02. The Morgan fingerprint density at radius 3 is 2.56 bits per heavy atom. The molecule has 4 heteroatoms. The third-order valence-electron chi connectivity index (χ3n) is 1.91. The summed E-state index contributed by atoms with van der Waals surface area (Å²) in [4.78, 5) is 21.7. The van der Waals surface area contributed by atoms with Gasteiger partial charge in [-0.1, -0.05) is 30.3 Å². The van der Waals surface area contributed by atoms with Crippen LogP contribution in [0.4, 0.5) is 0 Å². The minimum atomic E-state index is -0.212. The molecule has 16 heavy (non-hydrogen) atoms. The molecule has 0 bridgehead atoms. The molecule has 0 heterocycles. The first kappa shape index (κ1) is 12.4. The van der Waals surface area contributed by atoms with E-state index >= 15 is 0 Å². The van der Waals surface area contributed by atoms with Crippen LogP contribution in [0.5, 0.6) is 0 Å². The van der Waals surface area contributed by atoms with Crippen LogP contribution in [-0.2, 0) is 20.9 Å². The number of ether oxygens (including phenoxy) is 1. The van der Waals surface area contributed by atoms with Crippen molar-refractivity contribution >= 4 is 11.7 Å². The van der Waals surface area contributed by atoms with Gasteiger partial charge in [0, 0.05) is 6.92 Å². The van der Waals surface area contributed by atoms with Crippen LogP contribution in [0, 0.1) is 0 Å². The van der Waals surface area contributed by atoms with E-state index in [4.69, 9.17) is 4.74 Å². The number of rotatable bonds is 6. The predicted octanol–water partition coefficient (Wildman–Crippen LogP) is 0.908. The summed E-state index contributed by atoms with van der Waals surface area (Å²) < 4.78 is 5.21. The number of carbonyl (C=O) groups excluding carboxylic acids is 2. The maximum Gasteiger partial charge on any atom is 0.217 e. The number of carbonyl (C=O) groups is 2. The molecule has 1 amide bonds. The minimum absolute atomic E-state index is 0.0230. The van der Waals surface area contributed by atoms with Crippen molar-refractivity contribution in [2.45, 2.75) is 13.5 Å². The van der Waals surface area contributed by atoms with E-state index in [9.17, 15) is 9.59 Å². The second-order valence-corrected chi connectivity index (χ2v) is 3.43. The van der Waals surface area contributed by atoms with Crippen LogP contribution >= 0.6 is 0 Å². The SMILES string of the molecule is CC(=O)NCC(=O)COCc1ccccc1. The van der Waals surface area contributed by atoms with Crippen molar-refractivity contribution in [1.29, 1.82) is 0 Å². The first-order valence-electron chi connectivity index (χ1n) is 5.06. The molecule has 1 rings (SSSR count). The molecule has 0 aromatic heterocycles. The quantitative estimate of drug-likeness (QED) is 0.776. The Labute approximate surface area is 94.6 Å². The zero-order chi connectivity index (χ0) is 11.8. The van der Waals surface area contributed by atoms with Crippen molar-refractivity contribution in [2.75, 3.05) is 13.2 Å². The monoisotopic (exact) mass is 221 g/mol. The van der Waals surface area contributed by atoms with Crippen LogP contribution in [0.1, 0.15) is 12.5 Å². The van der Waals surface area contributed by atoms with Gasteiger partial charge in [0.05, 0.1) is 13.2 Å². The summed E-state index contributed by atoms with van der Waals surface area (Å²) in [6.45, 7) is 1.84. The molecule has 0 aliphatic rings. The second kappa shape index (κ2) is 6.74. The first-order valence-corrected chi connectivity index (χ1v) is 5.06. The van der Waals surface area contributed by atoms with Crippen molar-refractivity contribution in [3.8, 4) is 0 Å². The highest BCUT2D eigenvalue weighted by Crippen LogP contribution is 1.99. The van der Waals surface area contributed by atoms with Gasteiger partial charge in [-0.05, 0) is 5.56 Å². The normalized spacial score (nSPS) is 9.81. The van der Waals surface area contributed by atoms with E-state index in [1.165, 1.54) is 6.92 Å². The number of ketones is 1. The first-order chi connectivity index (χ1) is 7.68. The van der Waals surface area contributed by atoms with Crippen LogP contribution in [0.3, 0.4) is 0 Å². The molecule has 0 saturated heterocycles. The van der Waals surface area contributed by atoms with Gasteiger partial charge in [-0.3, -0.25) is 9.59 Å². The van der Waals surface area contributed by atoms with Gasteiger partial charge in [0.2, 0.25) is 5.91 Å². The van der Waals surface area contributed by atoms with E-state index in [0.717, 1.165) is 5.56 Å². The average Bonchev–Trinajstić information content (AvgIpc) is 2.28. The van der Waals surface area contributed by atoms with E-state index in [2.05, 4.69) is 5.32 Å². The average molecular weight is 221 g/mol. The van der Waals surface area contributed by atoms with E-state index in [-0.39, 0.29) is 24.8 Å². The number of nitrogens with one attached hydrogen (secondary N) is 1. The van der Waals surface area contributed by atoms with Crippen molar-refractivity contribution in [2.24, 2.45) is 0 Å². The standard InChI is InChI=1S/C12H15NO3/c1-10(14)13-7-12(15)9-16-8-11-5-3-2-4-6-11/h2-6H,7-9H2,1H3,(H,13,14). The van der Waals surface area contributed by atoms with Gasteiger partial charge in [0.15, 0.2) is 5.78 Å². The fourth-order valence-electron chi connectivity index (χ4n) is 1.13. The van der Waals surface area contributed by atoms with Gasteiger partial charge in [0.1, 0.15) is 6.61 Å². The van der Waals surface area contributed by atoms with Crippen LogP contribution < -0.4 is 5.32 Å². The Morgan fingerprint density at radius 2 is 1.94 bits per heavy atom. The third kappa shape index (κ3) is 5.26. The van der Waals surface area contributed by atoms with Gasteiger partial charge < -0.3 is 10.1 Å². The highest BCUT2D eigenvalue weighted by molar-refractivity contribution is 5.85. The summed E-state index contributed by atoms with van der Waals surface area (Å²) in [5.74, 6) is -0.345. The molecular formula is C12H15NO3. The molecule has 4 nitrogen and oxygen atoms in total. The Balaban J connectivity index is 2.16. The van der Waals surface area contributed by atoms with Crippen LogP contribution in [0.25, 0.3) is 0 Å². The largest absolute Gasteiger partial charge is 0.369 e. The molecule has 1 N–H and O–H groups in total. The molecule has 86 valence electrons. The second-order valence-electron chi connectivity index (χ2n) is 3.43. The maximum absolute atomic E-state index is 11.2. The summed E-state index contributed by atoms with van der Waals surface area (Å²) in [6.07, 6.45) is 0. The van der Waals surface area contributed by atoms with Crippen molar-refractivity contribution in [3.63, 3.8) is 0 Å². The maximum atomic E-state index is 11.2. The van der Waals surface area contributed by atoms with E-state index in [1.54, 1.807) is 0 Å². The summed E-state index contributed by atoms with van der Waals surface area (Å²) in [7, 11) is 0. The van der Waals surface area contributed by atoms with Crippen LogP contribution in [-0.4, -0.2) is 24.8 Å². The van der Waals surface area contributed by atoms with Crippen molar-refractivity contribution < 1.29 is 14.3 Å². The smallest absolute Gasteiger partial charge is 0.217 e.